The van der Waals surface area contributed by atoms with Crippen LogP contribution in [0.3, 0.4) is 0 Å². The first-order valence-corrected chi connectivity index (χ1v) is 32.1. The molecule has 1 unspecified atom stereocenters. The van der Waals surface area contributed by atoms with E-state index in [9.17, 15) is 52.4 Å². The second kappa shape index (κ2) is 33.7. The van der Waals surface area contributed by atoms with E-state index in [4.69, 9.17) is 36.7 Å². The number of nitrogens with zero attached hydrogens (tertiary/aromatic N) is 8. The average molecular weight is 1340 g/mol. The van der Waals surface area contributed by atoms with Crippen LogP contribution in [0.25, 0.3) is 39.8 Å². The fourth-order valence-electron chi connectivity index (χ4n) is 10.1. The maximum absolute atomic E-state index is 13.5. The number of anilines is 1. The second-order valence-electron chi connectivity index (χ2n) is 22.4. The number of aliphatic hydroxyl groups is 3. The van der Waals surface area contributed by atoms with Crippen molar-refractivity contribution >= 4 is 57.5 Å². The summed E-state index contributed by atoms with van der Waals surface area (Å²) < 4.78 is 56.1. The van der Waals surface area contributed by atoms with E-state index in [-0.39, 0.29) is 48.5 Å². The minimum Gasteiger partial charge on any atom is -0.481 e. The van der Waals surface area contributed by atoms with Crippen molar-refractivity contribution in [3.8, 4) is 33.8 Å². The standard InChI is InChI=1S/C24H26N6O3.C22H28FN3O6S.C20H25ClN2O5/c1-4-7-19-25-21(24(2,3)33)20(23(31)32)30(19)14-15-10-12-16(13-11-15)17-8-5-6-9-18(17)22-26-28-29-27-22;1-13(2)20-18(10-9-16(27)11-17(28)12-19(29)30)21(14-5-7-15(23)8-6-14)25-22(24-20)26(3)33(4,31)32;1-4-28-20(25)18-15(11-27-10-9-22)23-12(2)16(19(24)26-3)17(18)13-7-5-6-8-14(13)21/h5-6,8-13,33H,4,7,14H2,1-3H3,(H,31,32)(H,26,27,28,29);5-10,13,16-17,27-28H,11-12H2,1-4H3,(H,29,30);5-8,17,23H,4,9-11,22H2,1-3H3/b;10-9+;/t;16-,17-;/m.1./s1. The molecule has 94 heavy (non-hydrogen) atoms. The van der Waals surface area contributed by atoms with Gasteiger partial charge in [0.25, 0.3) is 0 Å². The number of hydrogen-bond acceptors (Lipinski definition) is 20. The number of aliphatic carboxylic acids is 1. The van der Waals surface area contributed by atoms with Gasteiger partial charge in [0.15, 0.2) is 5.69 Å². The maximum Gasteiger partial charge on any atom is 0.354 e. The normalized spacial score (nSPS) is 13.9. The van der Waals surface area contributed by atoms with Crippen LogP contribution in [0.5, 0.6) is 0 Å². The summed E-state index contributed by atoms with van der Waals surface area (Å²) in [5.74, 6) is -3.67. The molecule has 1 aliphatic rings. The van der Waals surface area contributed by atoms with Gasteiger partial charge in [-0.15, -0.1) is 10.2 Å². The van der Waals surface area contributed by atoms with Crippen molar-refractivity contribution in [2.75, 3.05) is 51.1 Å². The highest BCUT2D eigenvalue weighted by molar-refractivity contribution is 7.92. The zero-order valence-corrected chi connectivity index (χ0v) is 55.4. The molecule has 3 atom stereocenters. The molecule has 0 radical (unpaired) electrons. The minimum absolute atomic E-state index is 0.0254. The van der Waals surface area contributed by atoms with Crippen molar-refractivity contribution in [1.82, 2.24) is 45.5 Å². The molecule has 502 valence electrons. The summed E-state index contributed by atoms with van der Waals surface area (Å²) in [7, 11) is -1.03. The number of esters is 2. The molecular formula is C66H79ClFN11O14S. The topological polar surface area (TPSA) is 371 Å². The highest BCUT2D eigenvalue weighted by atomic mass is 35.5. The Labute approximate surface area is 549 Å². The van der Waals surface area contributed by atoms with Gasteiger partial charge < -0.3 is 55.4 Å². The van der Waals surface area contributed by atoms with Gasteiger partial charge in [0.2, 0.25) is 21.8 Å². The SMILES string of the molecule is CC(C)c1nc(N(C)S(C)(=O)=O)nc(-c2ccc(F)cc2)c1/C=C/[C@@H](O)C[C@@H](O)CC(=O)O.CCCc1nc(C(C)(C)O)c(C(=O)O)n1Cc1ccc(-c2ccccc2-c2nn[nH]n2)cc1.CCOC(=O)C1=C(COCCN)NC(C)=C(C(=O)OC)C1c1ccccc1Cl. The number of dihydropyridines is 1. The Morgan fingerprint density at radius 1 is 0.904 bits per heavy atom. The number of imidazole rings is 1. The summed E-state index contributed by atoms with van der Waals surface area (Å²) in [4.78, 5) is 61.6. The number of carbonyl (C=O) groups is 4. The number of ether oxygens (including phenoxy) is 3. The molecule has 0 saturated carbocycles. The minimum atomic E-state index is -3.65. The number of methoxy groups -OCH3 is 1. The van der Waals surface area contributed by atoms with Crippen molar-refractivity contribution in [3.05, 3.63) is 176 Å². The van der Waals surface area contributed by atoms with Crippen LogP contribution in [0.1, 0.15) is 124 Å². The fourth-order valence-corrected chi connectivity index (χ4v) is 10.7. The molecule has 0 aliphatic carbocycles. The number of allylic oxidation sites excluding steroid dienone is 1. The predicted octanol–water partition coefficient (Wildman–Crippen LogP) is 8.32. The van der Waals surface area contributed by atoms with E-state index in [0.29, 0.717) is 87.8 Å². The number of nitrogens with one attached hydrogen (secondary N) is 2. The molecular weight excluding hydrogens is 1260 g/mol. The number of carboxylic acids is 2. The first-order valence-electron chi connectivity index (χ1n) is 29.9. The van der Waals surface area contributed by atoms with Crippen LogP contribution in [0.4, 0.5) is 10.3 Å². The number of halogens is 2. The monoisotopic (exact) mass is 1340 g/mol. The first kappa shape index (κ1) is 74.0. The number of carbonyl (C=O) groups excluding carboxylic acids is 2. The number of aliphatic hydroxyl groups excluding tert-OH is 2. The van der Waals surface area contributed by atoms with Gasteiger partial charge in [-0.2, -0.15) is 5.21 Å². The number of sulfonamides is 1. The number of benzene rings is 4. The molecule has 4 aromatic carbocycles. The number of rotatable bonds is 26. The van der Waals surface area contributed by atoms with E-state index in [1.165, 1.54) is 50.6 Å². The lowest BCUT2D eigenvalue weighted by molar-refractivity contribution is -0.140. The highest BCUT2D eigenvalue weighted by Gasteiger charge is 2.40. The van der Waals surface area contributed by atoms with E-state index in [0.717, 1.165) is 39.2 Å². The van der Waals surface area contributed by atoms with Crippen LogP contribution in [0.2, 0.25) is 5.02 Å². The summed E-state index contributed by atoms with van der Waals surface area (Å²) in [6, 6.07) is 28.2. The van der Waals surface area contributed by atoms with Crippen LogP contribution in [-0.2, 0) is 57.2 Å². The van der Waals surface area contributed by atoms with Crippen molar-refractivity contribution in [2.45, 2.75) is 110 Å². The summed E-state index contributed by atoms with van der Waals surface area (Å²) >= 11 is 6.42. The number of tetrazole rings is 1. The van der Waals surface area contributed by atoms with E-state index in [1.807, 2.05) is 69.3 Å². The van der Waals surface area contributed by atoms with Crippen molar-refractivity contribution in [2.24, 2.45) is 5.73 Å². The Bertz CT molecular complexity index is 3990. The van der Waals surface area contributed by atoms with Crippen LogP contribution >= 0.6 is 11.6 Å². The molecule has 0 saturated heterocycles. The lowest BCUT2D eigenvalue weighted by atomic mass is 9.80. The number of nitrogens with two attached hydrogens (primary N) is 1. The average Bonchev–Trinajstić information content (AvgIpc) is 0.889. The lowest BCUT2D eigenvalue weighted by Crippen LogP contribution is -2.35. The maximum atomic E-state index is 13.5. The van der Waals surface area contributed by atoms with Crippen molar-refractivity contribution < 1.29 is 71.7 Å². The van der Waals surface area contributed by atoms with Crippen LogP contribution in [0.15, 0.2) is 126 Å². The van der Waals surface area contributed by atoms with Crippen molar-refractivity contribution in [3.63, 3.8) is 0 Å². The molecule has 0 spiro atoms. The third-order valence-electron chi connectivity index (χ3n) is 14.5. The molecule has 4 heterocycles. The van der Waals surface area contributed by atoms with Crippen LogP contribution < -0.4 is 15.4 Å². The van der Waals surface area contributed by atoms with E-state index in [2.05, 4.69) is 40.9 Å². The van der Waals surface area contributed by atoms with Crippen LogP contribution in [0, 0.1) is 5.82 Å². The van der Waals surface area contributed by atoms with Gasteiger partial charge in [-0.25, -0.2) is 46.4 Å². The number of hydrogen-bond donors (Lipinski definition) is 8. The molecule has 9 N–H and O–H groups in total. The highest BCUT2D eigenvalue weighted by Crippen LogP contribution is 2.42. The number of carboxylic acid groups (broad SMARTS) is 2. The van der Waals surface area contributed by atoms with E-state index < -0.39 is 69.9 Å². The van der Waals surface area contributed by atoms with Gasteiger partial charge in [-0.3, -0.25) is 4.79 Å². The predicted molar refractivity (Wildman–Crippen MR) is 351 cm³/mol. The van der Waals surface area contributed by atoms with Gasteiger partial charge in [-0.05, 0) is 97.8 Å². The number of H-pyrrole nitrogens is 1. The molecule has 28 heteroatoms. The van der Waals surface area contributed by atoms with E-state index in [1.54, 1.807) is 56.5 Å². The number of aromatic nitrogens is 8. The van der Waals surface area contributed by atoms with E-state index >= 15 is 0 Å². The molecule has 3 aromatic heterocycles. The molecule has 0 amide bonds. The third-order valence-corrected chi connectivity index (χ3v) is 16.0. The molecule has 1 aliphatic heterocycles. The summed E-state index contributed by atoms with van der Waals surface area (Å²) in [6.07, 6.45) is 2.29. The van der Waals surface area contributed by atoms with Gasteiger partial charge in [-0.1, -0.05) is 111 Å². The second-order valence-corrected chi connectivity index (χ2v) is 24.9. The molecule has 25 nitrogen and oxygen atoms in total. The zero-order valence-electron chi connectivity index (χ0n) is 53.8. The quantitative estimate of drug-likeness (QED) is 0.0186. The lowest BCUT2D eigenvalue weighted by Gasteiger charge is -2.31. The Hall–Kier alpha value is -9.09. The van der Waals surface area contributed by atoms with Gasteiger partial charge in [0.05, 0.1) is 86.0 Å². The Kier molecular flexibility index (Phi) is 26.5. The van der Waals surface area contributed by atoms with Crippen molar-refractivity contribution in [1.29, 1.82) is 0 Å². The molecule has 7 aromatic rings. The largest absolute Gasteiger partial charge is 0.481 e. The molecule has 0 bridgehead atoms. The van der Waals surface area contributed by atoms with Crippen LogP contribution in [-0.4, -0.2) is 157 Å². The Balaban J connectivity index is 0.000000224. The van der Waals surface area contributed by atoms with Gasteiger partial charge in [0, 0.05) is 60.4 Å². The molecule has 8 rings (SSSR count). The third kappa shape index (κ3) is 19.3. The fraction of sp³-hybridized carbons (Fsp3) is 0.364. The number of aryl methyl sites for hydroxylation is 1. The summed E-state index contributed by atoms with van der Waals surface area (Å²) in [5.41, 5.74) is 12.1. The molecule has 0 fully saturated rings. The van der Waals surface area contributed by atoms with Gasteiger partial charge in [0.1, 0.15) is 22.9 Å². The summed E-state index contributed by atoms with van der Waals surface area (Å²) in [5, 5.41) is 67.0. The first-order chi connectivity index (χ1) is 44.5. The number of aromatic amines is 1. The smallest absolute Gasteiger partial charge is 0.354 e. The Morgan fingerprint density at radius 3 is 2.12 bits per heavy atom. The summed E-state index contributed by atoms with van der Waals surface area (Å²) in [6.45, 7) is 13.6. The Morgan fingerprint density at radius 2 is 1.55 bits per heavy atom. The zero-order chi connectivity index (χ0) is 69.2. The van der Waals surface area contributed by atoms with Gasteiger partial charge >= 0.3 is 23.9 Å². The number of aromatic carboxylic acids is 1.